The molecule has 0 aliphatic carbocycles. The van der Waals surface area contributed by atoms with E-state index < -0.39 is 0 Å². The van der Waals surface area contributed by atoms with Gasteiger partial charge in [0.1, 0.15) is 0 Å². The predicted octanol–water partition coefficient (Wildman–Crippen LogP) is 5.93. The minimum atomic E-state index is 0.0636. The zero-order valence-electron chi connectivity index (χ0n) is 12.1. The monoisotopic (exact) mass is 387 g/mol. The van der Waals surface area contributed by atoms with E-state index in [1.807, 2.05) is 12.1 Å². The fraction of sp³-hybridized carbons (Fsp3) is 0.211. The highest BCUT2D eigenvalue weighted by molar-refractivity contribution is 14.1. The highest BCUT2D eigenvalue weighted by Gasteiger charge is 2.14. The third kappa shape index (κ3) is 4.18. The molecule has 0 heterocycles. The van der Waals surface area contributed by atoms with Gasteiger partial charge in [-0.3, -0.25) is 0 Å². The summed E-state index contributed by atoms with van der Waals surface area (Å²) in [6.07, 6.45) is 1.68. The van der Waals surface area contributed by atoms with E-state index in [0.717, 1.165) is 12.8 Å². The average molecular weight is 387 g/mol. The van der Waals surface area contributed by atoms with Crippen LogP contribution in [-0.4, -0.2) is 0 Å². The maximum absolute atomic E-state index is 9.30. The van der Waals surface area contributed by atoms with Gasteiger partial charge in [0.2, 0.25) is 0 Å². The van der Waals surface area contributed by atoms with E-state index in [1.54, 1.807) is 0 Å². The van der Waals surface area contributed by atoms with Crippen LogP contribution in [0, 0.1) is 17.2 Å². The third-order valence-electron chi connectivity index (χ3n) is 3.54. The van der Waals surface area contributed by atoms with Crippen LogP contribution >= 0.6 is 22.6 Å². The van der Waals surface area contributed by atoms with Crippen molar-refractivity contribution in [1.29, 1.82) is 5.26 Å². The van der Waals surface area contributed by atoms with E-state index >= 15 is 0 Å². The molecule has 0 radical (unpaired) electrons. The highest BCUT2D eigenvalue weighted by Crippen LogP contribution is 2.36. The summed E-state index contributed by atoms with van der Waals surface area (Å²) in [6, 6.07) is 23.2. The molecule has 0 amide bonds. The molecule has 2 aromatic rings. The van der Waals surface area contributed by atoms with Crippen LogP contribution in [0.3, 0.4) is 0 Å². The Bertz CT molecular complexity index is 638. The summed E-state index contributed by atoms with van der Waals surface area (Å²) in [5, 5.41) is 9.30. The Morgan fingerprint density at radius 3 is 2.00 bits per heavy atom. The third-order valence-corrected chi connectivity index (χ3v) is 4.81. The molecule has 21 heavy (non-hydrogen) atoms. The first-order valence-electron chi connectivity index (χ1n) is 7.15. The first-order valence-corrected chi connectivity index (χ1v) is 8.23. The van der Waals surface area contributed by atoms with Gasteiger partial charge in [-0.25, -0.2) is 0 Å². The Labute approximate surface area is 140 Å². The minimum Gasteiger partial charge on any atom is -0.198 e. The number of rotatable bonds is 5. The van der Waals surface area contributed by atoms with Crippen molar-refractivity contribution in [2.24, 2.45) is 5.92 Å². The van der Waals surface area contributed by atoms with Gasteiger partial charge >= 0.3 is 0 Å². The van der Waals surface area contributed by atoms with E-state index in [4.69, 9.17) is 0 Å². The Hall–Kier alpha value is -1.60. The summed E-state index contributed by atoms with van der Waals surface area (Å²) in [7, 11) is 0. The smallest absolute Gasteiger partial charge is 0.0659 e. The second-order valence-corrected chi connectivity index (χ2v) is 6.04. The van der Waals surface area contributed by atoms with E-state index in [2.05, 4.69) is 84.1 Å². The lowest BCUT2D eigenvalue weighted by Gasteiger charge is -2.14. The van der Waals surface area contributed by atoms with Crippen LogP contribution in [-0.2, 0) is 0 Å². The van der Waals surface area contributed by atoms with Crippen molar-refractivity contribution in [2.45, 2.75) is 19.8 Å². The molecule has 0 aliphatic rings. The van der Waals surface area contributed by atoms with Gasteiger partial charge in [-0.2, -0.15) is 5.26 Å². The fourth-order valence-electron chi connectivity index (χ4n) is 2.26. The lowest BCUT2D eigenvalue weighted by atomic mass is 9.92. The fourth-order valence-corrected chi connectivity index (χ4v) is 3.15. The molecule has 1 nitrogen and oxygen atoms in total. The molecular weight excluding hydrogens is 369 g/mol. The molecule has 0 bridgehead atoms. The first kappa shape index (κ1) is 15.8. The molecular formula is C19H18IN. The van der Waals surface area contributed by atoms with Gasteiger partial charge in [0.05, 0.1) is 12.0 Å². The molecule has 0 fully saturated rings. The van der Waals surface area contributed by atoms with Gasteiger partial charge in [0, 0.05) is 3.58 Å². The van der Waals surface area contributed by atoms with E-state index in [9.17, 15) is 5.26 Å². The summed E-state index contributed by atoms with van der Waals surface area (Å²) in [5.74, 6) is 0.0636. The summed E-state index contributed by atoms with van der Waals surface area (Å²) in [6.45, 7) is 2.08. The lowest BCUT2D eigenvalue weighted by Crippen LogP contribution is -1.98. The molecule has 2 rings (SSSR count). The largest absolute Gasteiger partial charge is 0.198 e. The molecule has 0 spiro atoms. The number of hydrogen-bond acceptors (Lipinski definition) is 1. The number of nitrogens with zero attached hydrogens (tertiary/aromatic N) is 1. The van der Waals surface area contributed by atoms with Crippen molar-refractivity contribution in [3.63, 3.8) is 0 Å². The van der Waals surface area contributed by atoms with Crippen molar-refractivity contribution in [3.05, 3.63) is 71.8 Å². The Morgan fingerprint density at radius 2 is 1.52 bits per heavy atom. The van der Waals surface area contributed by atoms with Gasteiger partial charge in [-0.05, 0) is 52.1 Å². The summed E-state index contributed by atoms with van der Waals surface area (Å²) in [5.41, 5.74) is 3.68. The normalized spacial score (nSPS) is 13.2. The zero-order chi connectivity index (χ0) is 15.1. The van der Waals surface area contributed by atoms with Crippen LogP contribution in [0.1, 0.15) is 30.9 Å². The number of allylic oxidation sites excluding steroid dienone is 1. The lowest BCUT2D eigenvalue weighted by molar-refractivity contribution is 0.661. The van der Waals surface area contributed by atoms with Crippen molar-refractivity contribution >= 4 is 31.7 Å². The number of hydrogen-bond donors (Lipinski definition) is 0. The van der Waals surface area contributed by atoms with E-state index in [-0.39, 0.29) is 5.92 Å². The Kier molecular flexibility index (Phi) is 6.01. The average Bonchev–Trinajstić information content (AvgIpc) is 2.57. The van der Waals surface area contributed by atoms with Crippen LogP contribution in [0.15, 0.2) is 60.7 Å². The van der Waals surface area contributed by atoms with Crippen LogP contribution in [0.25, 0.3) is 9.15 Å². The van der Waals surface area contributed by atoms with Crippen LogP contribution < -0.4 is 0 Å². The van der Waals surface area contributed by atoms with Crippen molar-refractivity contribution in [3.8, 4) is 6.07 Å². The van der Waals surface area contributed by atoms with E-state index in [1.165, 1.54) is 20.3 Å². The quantitative estimate of drug-likeness (QED) is 0.461. The molecule has 0 N–H and O–H groups in total. The summed E-state index contributed by atoms with van der Waals surface area (Å²) < 4.78 is 1.23. The van der Waals surface area contributed by atoms with Crippen LogP contribution in [0.5, 0.6) is 0 Å². The summed E-state index contributed by atoms with van der Waals surface area (Å²) >= 11 is 2.41. The molecule has 0 saturated heterocycles. The Morgan fingerprint density at radius 1 is 1.00 bits per heavy atom. The van der Waals surface area contributed by atoms with Crippen molar-refractivity contribution in [2.75, 3.05) is 0 Å². The standard InChI is InChI=1S/C19H18IN/c1-2-15(14-21)13-18(16-9-5-3-6-10-16)19(20)17-11-7-4-8-12-17/h3-12,15H,2,13H2,1H3/b19-18+. The molecule has 0 saturated carbocycles. The number of benzene rings is 2. The first-order chi connectivity index (χ1) is 10.3. The molecule has 1 atom stereocenters. The zero-order valence-corrected chi connectivity index (χ0v) is 14.2. The van der Waals surface area contributed by atoms with Crippen molar-refractivity contribution in [1.82, 2.24) is 0 Å². The van der Waals surface area contributed by atoms with Crippen LogP contribution in [0.4, 0.5) is 0 Å². The number of nitriles is 1. The Balaban J connectivity index is 2.48. The molecule has 0 aliphatic heterocycles. The molecule has 0 aromatic heterocycles. The van der Waals surface area contributed by atoms with Gasteiger partial charge in [-0.15, -0.1) is 0 Å². The maximum atomic E-state index is 9.30. The second kappa shape index (κ2) is 7.99. The predicted molar refractivity (Wildman–Crippen MR) is 97.7 cm³/mol. The molecule has 2 heteroatoms. The molecule has 2 aromatic carbocycles. The van der Waals surface area contributed by atoms with Crippen molar-refractivity contribution < 1.29 is 0 Å². The molecule has 106 valence electrons. The topological polar surface area (TPSA) is 23.8 Å². The second-order valence-electron chi connectivity index (χ2n) is 4.96. The van der Waals surface area contributed by atoms with Gasteiger partial charge in [-0.1, -0.05) is 67.6 Å². The minimum absolute atomic E-state index is 0.0636. The highest BCUT2D eigenvalue weighted by atomic mass is 127. The number of halogens is 1. The SMILES string of the molecule is CCC(C#N)C/C(=C(\I)c1ccccc1)c1ccccc1. The van der Waals surface area contributed by atoms with Gasteiger partial charge in [0.15, 0.2) is 0 Å². The summed E-state index contributed by atoms with van der Waals surface area (Å²) in [4.78, 5) is 0. The van der Waals surface area contributed by atoms with Gasteiger partial charge in [0.25, 0.3) is 0 Å². The molecule has 1 unspecified atom stereocenters. The van der Waals surface area contributed by atoms with Crippen LogP contribution in [0.2, 0.25) is 0 Å². The maximum Gasteiger partial charge on any atom is 0.0659 e. The van der Waals surface area contributed by atoms with Gasteiger partial charge < -0.3 is 0 Å². The van der Waals surface area contributed by atoms with E-state index in [0.29, 0.717) is 0 Å².